The van der Waals surface area contributed by atoms with Crippen molar-refractivity contribution in [2.24, 2.45) is 5.41 Å². The fourth-order valence-electron chi connectivity index (χ4n) is 1.64. The Hall–Kier alpha value is -0.340. The Morgan fingerprint density at radius 1 is 1.19 bits per heavy atom. The highest BCUT2D eigenvalue weighted by atomic mass is 79.9. The molecule has 90 valence electrons. The molecular formula is C14H21BrO. The number of halogens is 1. The monoisotopic (exact) mass is 284 g/mol. The average molecular weight is 285 g/mol. The molecule has 0 aliphatic heterocycles. The Morgan fingerprint density at radius 3 is 2.31 bits per heavy atom. The van der Waals surface area contributed by atoms with Gasteiger partial charge in [-0.1, -0.05) is 67.0 Å². The average Bonchev–Trinajstić information content (AvgIpc) is 2.24. The van der Waals surface area contributed by atoms with Crippen LogP contribution in [-0.4, -0.2) is 11.4 Å². The van der Waals surface area contributed by atoms with Gasteiger partial charge in [0.15, 0.2) is 0 Å². The molecule has 0 bridgehead atoms. The van der Waals surface area contributed by atoms with Crippen molar-refractivity contribution in [3.05, 3.63) is 35.9 Å². The van der Waals surface area contributed by atoms with Crippen LogP contribution in [0, 0.1) is 5.41 Å². The van der Waals surface area contributed by atoms with Gasteiger partial charge in [-0.15, -0.1) is 0 Å². The summed E-state index contributed by atoms with van der Waals surface area (Å²) in [6, 6.07) is 10.3. The summed E-state index contributed by atoms with van der Waals surface area (Å²) < 4.78 is 6.00. The van der Waals surface area contributed by atoms with E-state index >= 15 is 0 Å². The van der Waals surface area contributed by atoms with Gasteiger partial charge < -0.3 is 4.74 Å². The standard InChI is InChI=1S/C14H21BrO/c1-14(2,3)13(9-10-15)16-11-12-7-5-4-6-8-12/h4-8,13H,9-11H2,1-3H3. The van der Waals surface area contributed by atoms with Crippen LogP contribution in [0.4, 0.5) is 0 Å². The van der Waals surface area contributed by atoms with Crippen molar-refractivity contribution in [1.82, 2.24) is 0 Å². The lowest BCUT2D eigenvalue weighted by Crippen LogP contribution is -2.29. The molecule has 0 saturated heterocycles. The second-order valence-electron chi connectivity index (χ2n) is 5.13. The van der Waals surface area contributed by atoms with E-state index < -0.39 is 0 Å². The minimum absolute atomic E-state index is 0.197. The zero-order valence-electron chi connectivity index (χ0n) is 10.4. The lowest BCUT2D eigenvalue weighted by Gasteiger charge is -2.30. The van der Waals surface area contributed by atoms with Gasteiger partial charge in [-0.2, -0.15) is 0 Å². The van der Waals surface area contributed by atoms with Crippen molar-refractivity contribution in [3.63, 3.8) is 0 Å². The second-order valence-corrected chi connectivity index (χ2v) is 5.92. The van der Waals surface area contributed by atoms with Crippen molar-refractivity contribution >= 4 is 15.9 Å². The van der Waals surface area contributed by atoms with Crippen molar-refractivity contribution in [1.29, 1.82) is 0 Å². The Morgan fingerprint density at radius 2 is 1.81 bits per heavy atom. The summed E-state index contributed by atoms with van der Waals surface area (Å²) in [5.41, 5.74) is 1.44. The van der Waals surface area contributed by atoms with E-state index in [1.807, 2.05) is 6.07 Å². The molecule has 0 saturated carbocycles. The van der Waals surface area contributed by atoms with Gasteiger partial charge in [0.2, 0.25) is 0 Å². The van der Waals surface area contributed by atoms with Crippen LogP contribution in [0.15, 0.2) is 30.3 Å². The lowest BCUT2D eigenvalue weighted by atomic mass is 9.87. The smallest absolute Gasteiger partial charge is 0.0720 e. The highest BCUT2D eigenvalue weighted by Gasteiger charge is 2.24. The summed E-state index contributed by atoms with van der Waals surface area (Å²) in [5, 5.41) is 0.990. The van der Waals surface area contributed by atoms with Crippen molar-refractivity contribution in [2.45, 2.75) is 39.9 Å². The van der Waals surface area contributed by atoms with Crippen LogP contribution >= 0.6 is 15.9 Å². The molecule has 0 heterocycles. The van der Waals surface area contributed by atoms with Gasteiger partial charge in [0.05, 0.1) is 12.7 Å². The largest absolute Gasteiger partial charge is 0.373 e. The summed E-state index contributed by atoms with van der Waals surface area (Å²) in [4.78, 5) is 0. The van der Waals surface area contributed by atoms with Crippen LogP contribution in [0.5, 0.6) is 0 Å². The van der Waals surface area contributed by atoms with E-state index in [0.717, 1.165) is 11.8 Å². The number of ether oxygens (including phenoxy) is 1. The molecule has 2 heteroatoms. The van der Waals surface area contributed by atoms with E-state index in [1.165, 1.54) is 5.56 Å². The number of rotatable bonds is 5. The van der Waals surface area contributed by atoms with E-state index in [9.17, 15) is 0 Å². The van der Waals surface area contributed by atoms with E-state index in [0.29, 0.717) is 12.7 Å². The molecule has 0 N–H and O–H groups in total. The highest BCUT2D eigenvalue weighted by Crippen LogP contribution is 2.26. The molecule has 0 fully saturated rings. The zero-order valence-corrected chi connectivity index (χ0v) is 12.0. The third kappa shape index (κ3) is 4.67. The SMILES string of the molecule is CC(C)(C)C(CCBr)OCc1ccccc1. The van der Waals surface area contributed by atoms with Gasteiger partial charge in [0.25, 0.3) is 0 Å². The molecule has 1 aromatic rings. The predicted molar refractivity (Wildman–Crippen MR) is 72.9 cm³/mol. The summed E-state index contributed by atoms with van der Waals surface area (Å²) >= 11 is 3.49. The maximum atomic E-state index is 6.00. The Labute approximate surface area is 107 Å². The summed E-state index contributed by atoms with van der Waals surface area (Å²) in [5.74, 6) is 0. The summed E-state index contributed by atoms with van der Waals surface area (Å²) in [7, 11) is 0. The molecule has 0 aromatic heterocycles. The van der Waals surface area contributed by atoms with Crippen LogP contribution in [0.25, 0.3) is 0 Å². The first-order valence-electron chi connectivity index (χ1n) is 5.75. The zero-order chi connectivity index (χ0) is 12.0. The van der Waals surface area contributed by atoms with Gasteiger partial charge in [-0.25, -0.2) is 0 Å². The molecular weight excluding hydrogens is 264 g/mol. The quantitative estimate of drug-likeness (QED) is 0.728. The molecule has 1 aromatic carbocycles. The first-order chi connectivity index (χ1) is 7.54. The minimum Gasteiger partial charge on any atom is -0.373 e. The molecule has 1 atom stereocenters. The molecule has 0 aliphatic carbocycles. The Balaban J connectivity index is 2.51. The molecule has 1 nitrogen and oxygen atoms in total. The van der Waals surface area contributed by atoms with Gasteiger partial charge in [-0.05, 0) is 17.4 Å². The van der Waals surface area contributed by atoms with E-state index in [-0.39, 0.29) is 5.41 Å². The number of hydrogen-bond donors (Lipinski definition) is 0. The number of alkyl halides is 1. The number of benzene rings is 1. The van der Waals surface area contributed by atoms with Gasteiger partial charge in [-0.3, -0.25) is 0 Å². The van der Waals surface area contributed by atoms with Crippen LogP contribution in [0.3, 0.4) is 0 Å². The van der Waals surface area contributed by atoms with Gasteiger partial charge >= 0.3 is 0 Å². The van der Waals surface area contributed by atoms with E-state index in [2.05, 4.69) is 61.0 Å². The second kappa shape index (κ2) is 6.41. The first-order valence-corrected chi connectivity index (χ1v) is 6.87. The maximum Gasteiger partial charge on any atom is 0.0720 e. The number of hydrogen-bond acceptors (Lipinski definition) is 1. The Bertz CT molecular complexity index is 289. The fraction of sp³-hybridized carbons (Fsp3) is 0.571. The minimum atomic E-state index is 0.197. The molecule has 16 heavy (non-hydrogen) atoms. The maximum absolute atomic E-state index is 6.00. The third-order valence-electron chi connectivity index (χ3n) is 2.63. The molecule has 0 aliphatic rings. The molecule has 0 spiro atoms. The normalized spacial score (nSPS) is 13.8. The molecule has 1 rings (SSSR count). The van der Waals surface area contributed by atoms with E-state index in [1.54, 1.807) is 0 Å². The predicted octanol–water partition coefficient (Wildman–Crippen LogP) is 4.40. The fourth-order valence-corrected chi connectivity index (χ4v) is 2.05. The first kappa shape index (κ1) is 13.7. The highest BCUT2D eigenvalue weighted by molar-refractivity contribution is 9.09. The molecule has 0 amide bonds. The van der Waals surface area contributed by atoms with Crippen molar-refractivity contribution < 1.29 is 4.74 Å². The topological polar surface area (TPSA) is 9.23 Å². The van der Waals surface area contributed by atoms with Crippen LogP contribution < -0.4 is 0 Å². The summed E-state index contributed by atoms with van der Waals surface area (Å²) in [6.07, 6.45) is 1.35. The van der Waals surface area contributed by atoms with Crippen molar-refractivity contribution in [3.8, 4) is 0 Å². The lowest BCUT2D eigenvalue weighted by molar-refractivity contribution is -0.0290. The molecule has 1 unspecified atom stereocenters. The van der Waals surface area contributed by atoms with Crippen LogP contribution in [-0.2, 0) is 11.3 Å². The summed E-state index contributed by atoms with van der Waals surface area (Å²) in [6.45, 7) is 7.39. The van der Waals surface area contributed by atoms with Gasteiger partial charge in [0.1, 0.15) is 0 Å². The van der Waals surface area contributed by atoms with Gasteiger partial charge in [0, 0.05) is 5.33 Å². The van der Waals surface area contributed by atoms with E-state index in [4.69, 9.17) is 4.74 Å². The van der Waals surface area contributed by atoms with Crippen LogP contribution in [0.1, 0.15) is 32.8 Å². The van der Waals surface area contributed by atoms with Crippen molar-refractivity contribution in [2.75, 3.05) is 5.33 Å². The molecule has 0 radical (unpaired) electrons. The third-order valence-corrected chi connectivity index (χ3v) is 3.09. The Kier molecular flexibility index (Phi) is 5.50. The van der Waals surface area contributed by atoms with Crippen LogP contribution in [0.2, 0.25) is 0 Å².